The first-order valence-electron chi connectivity index (χ1n) is 7.17. The third-order valence-electron chi connectivity index (χ3n) is 4.12. The molecule has 2 rings (SSSR count). The number of aliphatic hydroxyl groups is 1. The van der Waals surface area contributed by atoms with Crippen molar-refractivity contribution in [1.29, 1.82) is 0 Å². The number of aliphatic hydroxyl groups excluding tert-OH is 1. The molecule has 1 atom stereocenters. The van der Waals surface area contributed by atoms with Crippen LogP contribution in [0.5, 0.6) is 0 Å². The van der Waals surface area contributed by atoms with Crippen LogP contribution in [0.3, 0.4) is 0 Å². The Morgan fingerprint density at radius 2 is 2.15 bits per heavy atom. The highest BCUT2D eigenvalue weighted by molar-refractivity contribution is 5.91. The Bertz CT molecular complexity index is 483. The zero-order valence-electron chi connectivity index (χ0n) is 12.0. The van der Waals surface area contributed by atoms with E-state index in [1.54, 1.807) is 6.07 Å². The van der Waals surface area contributed by atoms with E-state index in [1.807, 2.05) is 19.9 Å². The van der Waals surface area contributed by atoms with Gasteiger partial charge in [0.15, 0.2) is 0 Å². The highest BCUT2D eigenvalue weighted by Crippen LogP contribution is 2.48. The third-order valence-corrected chi connectivity index (χ3v) is 4.12. The molecule has 0 aliphatic heterocycles. The molecule has 0 radical (unpaired) electrons. The van der Waals surface area contributed by atoms with Crippen LogP contribution in [0.15, 0.2) is 24.3 Å². The first-order chi connectivity index (χ1) is 9.49. The van der Waals surface area contributed by atoms with Gasteiger partial charge in [-0.2, -0.15) is 0 Å². The first kappa shape index (κ1) is 15.0. The molecule has 1 saturated carbocycles. The summed E-state index contributed by atoms with van der Waals surface area (Å²) < 4.78 is 13.3. The second-order valence-corrected chi connectivity index (χ2v) is 5.93. The van der Waals surface area contributed by atoms with Crippen LogP contribution in [0.1, 0.15) is 38.7 Å². The summed E-state index contributed by atoms with van der Waals surface area (Å²) in [7, 11) is 0. The SMILES string of the molecule is CC(C)C(CCO)NC(=O)C1(c2cccc(F)c2)CC1. The van der Waals surface area contributed by atoms with Crippen LogP contribution in [-0.4, -0.2) is 23.7 Å². The number of hydrogen-bond donors (Lipinski definition) is 2. The average molecular weight is 279 g/mol. The maximum atomic E-state index is 13.3. The highest BCUT2D eigenvalue weighted by Gasteiger charge is 2.51. The van der Waals surface area contributed by atoms with E-state index in [0.717, 1.165) is 18.4 Å². The van der Waals surface area contributed by atoms with E-state index >= 15 is 0 Å². The van der Waals surface area contributed by atoms with Gasteiger partial charge in [0.05, 0.1) is 5.41 Å². The van der Waals surface area contributed by atoms with Gasteiger partial charge in [0.1, 0.15) is 5.82 Å². The molecule has 1 amide bonds. The maximum absolute atomic E-state index is 13.3. The van der Waals surface area contributed by atoms with Crippen LogP contribution in [0.4, 0.5) is 4.39 Å². The highest BCUT2D eigenvalue weighted by atomic mass is 19.1. The summed E-state index contributed by atoms with van der Waals surface area (Å²) >= 11 is 0. The van der Waals surface area contributed by atoms with Crippen molar-refractivity contribution in [3.8, 4) is 0 Å². The number of hydrogen-bond acceptors (Lipinski definition) is 2. The minimum absolute atomic E-state index is 0.0430. The molecule has 1 aliphatic rings. The van der Waals surface area contributed by atoms with Gasteiger partial charge in [-0.25, -0.2) is 4.39 Å². The van der Waals surface area contributed by atoms with E-state index in [1.165, 1.54) is 12.1 Å². The van der Waals surface area contributed by atoms with Crippen LogP contribution in [0, 0.1) is 11.7 Å². The van der Waals surface area contributed by atoms with E-state index in [4.69, 9.17) is 5.11 Å². The van der Waals surface area contributed by atoms with E-state index in [-0.39, 0.29) is 30.3 Å². The second kappa shape index (κ2) is 5.92. The average Bonchev–Trinajstić information content (AvgIpc) is 3.19. The second-order valence-electron chi connectivity index (χ2n) is 5.93. The molecule has 3 nitrogen and oxygen atoms in total. The van der Waals surface area contributed by atoms with Gasteiger partial charge in [0.25, 0.3) is 0 Å². The lowest BCUT2D eigenvalue weighted by molar-refractivity contribution is -0.124. The van der Waals surface area contributed by atoms with Gasteiger partial charge in [-0.3, -0.25) is 4.79 Å². The van der Waals surface area contributed by atoms with Gasteiger partial charge in [0, 0.05) is 12.6 Å². The Balaban J connectivity index is 2.12. The molecule has 2 N–H and O–H groups in total. The lowest BCUT2D eigenvalue weighted by Gasteiger charge is -2.25. The number of carbonyl (C=O) groups is 1. The molecular weight excluding hydrogens is 257 g/mol. The van der Waals surface area contributed by atoms with E-state index in [9.17, 15) is 9.18 Å². The monoisotopic (exact) mass is 279 g/mol. The summed E-state index contributed by atoms with van der Waals surface area (Å²) in [6, 6.07) is 6.25. The van der Waals surface area contributed by atoms with Crippen molar-refractivity contribution >= 4 is 5.91 Å². The molecule has 1 aromatic rings. The topological polar surface area (TPSA) is 49.3 Å². The minimum Gasteiger partial charge on any atom is -0.396 e. The summed E-state index contributed by atoms with van der Waals surface area (Å²) in [6.45, 7) is 4.08. The van der Waals surface area contributed by atoms with Gasteiger partial charge in [-0.15, -0.1) is 0 Å². The largest absolute Gasteiger partial charge is 0.396 e. The van der Waals surface area contributed by atoms with Crippen molar-refractivity contribution < 1.29 is 14.3 Å². The standard InChI is InChI=1S/C16H22FNO2/c1-11(2)14(6-9-19)18-15(20)16(7-8-16)12-4-3-5-13(17)10-12/h3-5,10-11,14,19H,6-9H2,1-2H3,(H,18,20). The van der Waals surface area contributed by atoms with E-state index in [0.29, 0.717) is 6.42 Å². The normalized spacial score (nSPS) is 17.9. The van der Waals surface area contributed by atoms with Crippen molar-refractivity contribution in [2.24, 2.45) is 5.92 Å². The third kappa shape index (κ3) is 3.01. The Morgan fingerprint density at radius 3 is 2.65 bits per heavy atom. The van der Waals surface area contributed by atoms with Crippen molar-refractivity contribution in [2.75, 3.05) is 6.61 Å². The summed E-state index contributed by atoms with van der Waals surface area (Å²) in [6.07, 6.45) is 2.06. The van der Waals surface area contributed by atoms with E-state index in [2.05, 4.69) is 5.32 Å². The number of halogens is 1. The summed E-state index contributed by atoms with van der Waals surface area (Å²) in [5, 5.41) is 12.1. The summed E-state index contributed by atoms with van der Waals surface area (Å²) in [4.78, 5) is 12.5. The molecule has 1 aliphatic carbocycles. The Kier molecular flexibility index (Phi) is 4.43. The lowest BCUT2D eigenvalue weighted by atomic mass is 9.93. The van der Waals surface area contributed by atoms with Crippen LogP contribution >= 0.6 is 0 Å². The summed E-state index contributed by atoms with van der Waals surface area (Å²) in [5.74, 6) is -0.0954. The molecule has 0 heterocycles. The van der Waals surface area contributed by atoms with Gasteiger partial charge in [-0.1, -0.05) is 26.0 Å². The number of carbonyl (C=O) groups excluding carboxylic acids is 1. The smallest absolute Gasteiger partial charge is 0.230 e. The quantitative estimate of drug-likeness (QED) is 0.840. The molecule has 0 saturated heterocycles. The molecule has 1 unspecified atom stereocenters. The summed E-state index contributed by atoms with van der Waals surface area (Å²) in [5.41, 5.74) is 0.187. The molecule has 1 aromatic carbocycles. The lowest BCUT2D eigenvalue weighted by Crippen LogP contribution is -2.44. The fourth-order valence-corrected chi connectivity index (χ4v) is 2.58. The molecule has 110 valence electrons. The Morgan fingerprint density at radius 1 is 1.45 bits per heavy atom. The fraction of sp³-hybridized carbons (Fsp3) is 0.562. The van der Waals surface area contributed by atoms with Gasteiger partial charge >= 0.3 is 0 Å². The molecule has 0 bridgehead atoms. The Hall–Kier alpha value is -1.42. The number of benzene rings is 1. The first-order valence-corrected chi connectivity index (χ1v) is 7.17. The van der Waals surface area contributed by atoms with Crippen LogP contribution < -0.4 is 5.32 Å². The van der Waals surface area contributed by atoms with Gasteiger partial charge in [-0.05, 0) is 42.9 Å². The Labute approximate surface area is 119 Å². The number of nitrogens with one attached hydrogen (secondary N) is 1. The van der Waals surface area contributed by atoms with Crippen LogP contribution in [-0.2, 0) is 10.2 Å². The molecule has 1 fully saturated rings. The maximum Gasteiger partial charge on any atom is 0.230 e. The van der Waals surface area contributed by atoms with Crippen molar-refractivity contribution in [1.82, 2.24) is 5.32 Å². The molecule has 0 aromatic heterocycles. The fourth-order valence-electron chi connectivity index (χ4n) is 2.58. The van der Waals surface area contributed by atoms with Gasteiger partial charge in [0.2, 0.25) is 5.91 Å². The zero-order chi connectivity index (χ0) is 14.8. The van der Waals surface area contributed by atoms with Crippen LogP contribution in [0.2, 0.25) is 0 Å². The molecule has 4 heteroatoms. The van der Waals surface area contributed by atoms with Crippen molar-refractivity contribution in [3.05, 3.63) is 35.6 Å². The minimum atomic E-state index is -0.565. The molecular formula is C16H22FNO2. The van der Waals surface area contributed by atoms with E-state index < -0.39 is 5.41 Å². The number of amides is 1. The predicted molar refractivity (Wildman–Crippen MR) is 75.8 cm³/mol. The molecule has 20 heavy (non-hydrogen) atoms. The molecule has 0 spiro atoms. The number of rotatable bonds is 6. The predicted octanol–water partition coefficient (Wildman–Crippen LogP) is 2.38. The zero-order valence-corrected chi connectivity index (χ0v) is 12.0. The van der Waals surface area contributed by atoms with Crippen LogP contribution in [0.25, 0.3) is 0 Å². The van der Waals surface area contributed by atoms with Crippen molar-refractivity contribution in [3.63, 3.8) is 0 Å². The van der Waals surface area contributed by atoms with Crippen molar-refractivity contribution in [2.45, 2.75) is 44.6 Å². The van der Waals surface area contributed by atoms with Gasteiger partial charge < -0.3 is 10.4 Å².